The summed E-state index contributed by atoms with van der Waals surface area (Å²) in [5, 5.41) is 11.5. The van der Waals surface area contributed by atoms with Crippen molar-refractivity contribution in [3.63, 3.8) is 0 Å². The van der Waals surface area contributed by atoms with Crippen molar-refractivity contribution in [3.05, 3.63) is 58.5 Å². The van der Waals surface area contributed by atoms with Gasteiger partial charge < -0.3 is 5.21 Å². The van der Waals surface area contributed by atoms with E-state index in [4.69, 9.17) is 11.6 Å². The molecule has 0 aliphatic carbocycles. The Morgan fingerprint density at radius 3 is 2.47 bits per heavy atom. The minimum absolute atomic E-state index is 0.261. The molecule has 0 spiro atoms. The lowest BCUT2D eigenvalue weighted by Crippen LogP contribution is -2.24. The van der Waals surface area contributed by atoms with E-state index >= 15 is 0 Å². The zero-order valence-corrected chi connectivity index (χ0v) is 10.1. The van der Waals surface area contributed by atoms with Gasteiger partial charge in [0.25, 0.3) is 0 Å². The molecule has 1 atom stereocenters. The molecule has 2 aromatic heterocycles. The molecule has 0 fully saturated rings. The van der Waals surface area contributed by atoms with Crippen LogP contribution in [0.2, 0.25) is 5.02 Å². The number of hydrogen-bond donors (Lipinski definition) is 0. The molecule has 0 radical (unpaired) electrons. The normalized spacial score (nSPS) is 12.4. The molecular formula is C12H12ClN3O. The summed E-state index contributed by atoms with van der Waals surface area (Å²) < 4.78 is 0.773. The predicted molar refractivity (Wildman–Crippen MR) is 64.6 cm³/mol. The lowest BCUT2D eigenvalue weighted by atomic mass is 9.99. The van der Waals surface area contributed by atoms with Crippen molar-refractivity contribution < 1.29 is 4.73 Å². The molecule has 0 aliphatic heterocycles. The van der Waals surface area contributed by atoms with Crippen molar-refractivity contribution in [2.45, 2.75) is 19.3 Å². The first-order valence-electron chi connectivity index (χ1n) is 5.30. The molecule has 1 unspecified atom stereocenters. The van der Waals surface area contributed by atoms with Gasteiger partial charge in [0.05, 0.1) is 5.02 Å². The van der Waals surface area contributed by atoms with Gasteiger partial charge >= 0.3 is 0 Å². The summed E-state index contributed by atoms with van der Waals surface area (Å²) >= 11 is 5.72. The average Bonchev–Trinajstić information content (AvgIpc) is 2.33. The second-order valence-electron chi connectivity index (χ2n) is 3.91. The van der Waals surface area contributed by atoms with Crippen LogP contribution in [0.25, 0.3) is 0 Å². The van der Waals surface area contributed by atoms with Gasteiger partial charge in [-0.05, 0) is 11.5 Å². The Morgan fingerprint density at radius 2 is 1.88 bits per heavy atom. The monoisotopic (exact) mass is 249 g/mol. The number of pyridine rings is 1. The highest BCUT2D eigenvalue weighted by Crippen LogP contribution is 2.17. The van der Waals surface area contributed by atoms with Gasteiger partial charge in [-0.1, -0.05) is 18.5 Å². The topological polar surface area (TPSA) is 52.7 Å². The van der Waals surface area contributed by atoms with Crippen molar-refractivity contribution in [1.29, 1.82) is 0 Å². The van der Waals surface area contributed by atoms with Gasteiger partial charge in [-0.3, -0.25) is 0 Å². The Labute approximate surface area is 105 Å². The fourth-order valence-electron chi connectivity index (χ4n) is 1.59. The van der Waals surface area contributed by atoms with Crippen LogP contribution in [-0.4, -0.2) is 9.97 Å². The fraction of sp³-hybridized carbons (Fsp3) is 0.250. The van der Waals surface area contributed by atoms with Crippen LogP contribution in [0.1, 0.15) is 24.2 Å². The first-order valence-corrected chi connectivity index (χ1v) is 5.68. The summed E-state index contributed by atoms with van der Waals surface area (Å²) in [6.45, 7) is 2.07. The van der Waals surface area contributed by atoms with Crippen LogP contribution in [-0.2, 0) is 6.42 Å². The largest absolute Gasteiger partial charge is 0.619 e. The minimum atomic E-state index is 0.261. The molecule has 0 saturated heterocycles. The Balaban J connectivity index is 2.08. The SMILES string of the molecule is CC(Cc1ncc(Cl)cn1)c1cc[n+]([O-])cc1. The van der Waals surface area contributed by atoms with E-state index in [1.807, 2.05) is 12.1 Å². The van der Waals surface area contributed by atoms with E-state index in [0.29, 0.717) is 5.02 Å². The second-order valence-corrected chi connectivity index (χ2v) is 4.35. The Hall–Kier alpha value is -1.68. The first-order chi connectivity index (χ1) is 8.15. The average molecular weight is 250 g/mol. The van der Waals surface area contributed by atoms with Crippen LogP contribution in [0, 0.1) is 5.21 Å². The van der Waals surface area contributed by atoms with E-state index in [9.17, 15) is 5.21 Å². The van der Waals surface area contributed by atoms with E-state index in [1.165, 1.54) is 12.4 Å². The van der Waals surface area contributed by atoms with E-state index in [-0.39, 0.29) is 5.92 Å². The number of nitrogens with zero attached hydrogens (tertiary/aromatic N) is 3. The van der Waals surface area contributed by atoms with Crippen molar-refractivity contribution in [2.75, 3.05) is 0 Å². The molecule has 0 aromatic carbocycles. The molecule has 4 nitrogen and oxygen atoms in total. The van der Waals surface area contributed by atoms with E-state index < -0.39 is 0 Å². The summed E-state index contributed by atoms with van der Waals surface area (Å²) in [6.07, 6.45) is 6.89. The lowest BCUT2D eigenvalue weighted by Gasteiger charge is -2.10. The van der Waals surface area contributed by atoms with Gasteiger partial charge in [0.15, 0.2) is 12.4 Å². The molecule has 88 valence electrons. The third-order valence-corrected chi connectivity index (χ3v) is 2.75. The maximum atomic E-state index is 10.9. The van der Waals surface area contributed by atoms with Gasteiger partial charge in [0.1, 0.15) is 5.82 Å². The molecule has 2 rings (SSSR count). The van der Waals surface area contributed by atoms with Crippen molar-refractivity contribution in [3.8, 4) is 0 Å². The highest BCUT2D eigenvalue weighted by atomic mass is 35.5. The van der Waals surface area contributed by atoms with Crippen LogP contribution in [0.3, 0.4) is 0 Å². The number of aromatic nitrogens is 3. The summed E-state index contributed by atoms with van der Waals surface area (Å²) in [6, 6.07) is 3.63. The molecule has 2 heterocycles. The van der Waals surface area contributed by atoms with Gasteiger partial charge in [0.2, 0.25) is 0 Å². The number of halogens is 1. The van der Waals surface area contributed by atoms with Gasteiger partial charge in [-0.2, -0.15) is 4.73 Å². The predicted octanol–water partition coefficient (Wildman–Crippen LogP) is 2.11. The molecule has 0 N–H and O–H groups in total. The van der Waals surface area contributed by atoms with Crippen LogP contribution < -0.4 is 4.73 Å². The molecule has 2 aromatic rings. The third-order valence-electron chi connectivity index (χ3n) is 2.56. The lowest BCUT2D eigenvalue weighted by molar-refractivity contribution is -0.605. The highest BCUT2D eigenvalue weighted by molar-refractivity contribution is 6.30. The van der Waals surface area contributed by atoms with Crippen molar-refractivity contribution >= 4 is 11.6 Å². The quantitative estimate of drug-likeness (QED) is 0.618. The van der Waals surface area contributed by atoms with Crippen LogP contribution >= 0.6 is 11.6 Å². The maximum Gasteiger partial charge on any atom is 0.180 e. The van der Waals surface area contributed by atoms with Gasteiger partial charge in [0, 0.05) is 30.9 Å². The standard InChI is InChI=1S/C12H12ClN3O/c1-9(10-2-4-16(17)5-3-10)6-12-14-7-11(13)8-15-12/h2-5,7-9H,6H2,1H3. The molecule has 0 aliphatic rings. The molecule has 0 saturated carbocycles. The second kappa shape index (κ2) is 5.10. The fourth-order valence-corrected chi connectivity index (χ4v) is 1.69. The number of hydrogen-bond acceptors (Lipinski definition) is 3. The van der Waals surface area contributed by atoms with E-state index in [2.05, 4.69) is 16.9 Å². The van der Waals surface area contributed by atoms with Gasteiger partial charge in [-0.25, -0.2) is 9.97 Å². The van der Waals surface area contributed by atoms with Crippen molar-refractivity contribution in [1.82, 2.24) is 9.97 Å². The Morgan fingerprint density at radius 1 is 1.29 bits per heavy atom. The van der Waals surface area contributed by atoms with Crippen LogP contribution in [0.5, 0.6) is 0 Å². The van der Waals surface area contributed by atoms with E-state index in [1.54, 1.807) is 12.4 Å². The zero-order valence-electron chi connectivity index (χ0n) is 9.38. The van der Waals surface area contributed by atoms with Crippen LogP contribution in [0.4, 0.5) is 0 Å². The summed E-state index contributed by atoms with van der Waals surface area (Å²) in [5.74, 6) is 1.01. The van der Waals surface area contributed by atoms with E-state index in [0.717, 1.165) is 22.5 Å². The maximum absolute atomic E-state index is 10.9. The van der Waals surface area contributed by atoms with Gasteiger partial charge in [-0.15, -0.1) is 0 Å². The molecule has 0 amide bonds. The Kier molecular flexibility index (Phi) is 3.54. The molecule has 0 bridgehead atoms. The molecular weight excluding hydrogens is 238 g/mol. The summed E-state index contributed by atoms with van der Waals surface area (Å²) in [5.41, 5.74) is 1.09. The number of rotatable bonds is 3. The highest BCUT2D eigenvalue weighted by Gasteiger charge is 2.09. The molecule has 17 heavy (non-hydrogen) atoms. The molecule has 5 heteroatoms. The summed E-state index contributed by atoms with van der Waals surface area (Å²) in [7, 11) is 0. The minimum Gasteiger partial charge on any atom is -0.619 e. The van der Waals surface area contributed by atoms with Crippen LogP contribution in [0.15, 0.2) is 36.9 Å². The first kappa shape index (κ1) is 11.8. The zero-order chi connectivity index (χ0) is 12.3. The van der Waals surface area contributed by atoms with Crippen molar-refractivity contribution in [2.24, 2.45) is 0 Å². The smallest absolute Gasteiger partial charge is 0.180 e. The summed E-state index contributed by atoms with van der Waals surface area (Å²) in [4.78, 5) is 8.30. The third kappa shape index (κ3) is 3.14. The Bertz CT molecular complexity index is 484.